The molecule has 2 fully saturated rings. The lowest BCUT2D eigenvalue weighted by Gasteiger charge is -2.35. The van der Waals surface area contributed by atoms with Gasteiger partial charge in [0.1, 0.15) is 52.0 Å². The largest absolute Gasteiger partial charge is 0.744 e. The van der Waals surface area contributed by atoms with Crippen LogP contribution in [0.5, 0.6) is 11.5 Å². The van der Waals surface area contributed by atoms with Crippen LogP contribution < -0.4 is 41.0 Å². The predicted octanol–water partition coefficient (Wildman–Crippen LogP) is 5.57. The number of nitrogens with one attached hydrogen (secondary N) is 5. The van der Waals surface area contributed by atoms with Crippen molar-refractivity contribution in [2.75, 3.05) is 135 Å². The monoisotopic (exact) mass is 2120 g/mol. The van der Waals surface area contributed by atoms with E-state index < -0.39 is 152 Å². The summed E-state index contributed by atoms with van der Waals surface area (Å²) in [6.45, 7) is 7.68. The highest BCUT2D eigenvalue weighted by molar-refractivity contribution is 7.86. The molecular formula is C98H127N17O28S4. The first kappa shape index (κ1) is 114. The van der Waals surface area contributed by atoms with Crippen LogP contribution in [-0.4, -0.2) is 335 Å². The van der Waals surface area contributed by atoms with Crippen molar-refractivity contribution in [2.24, 2.45) is 0 Å². The van der Waals surface area contributed by atoms with Crippen molar-refractivity contribution in [3.05, 3.63) is 167 Å². The van der Waals surface area contributed by atoms with E-state index in [9.17, 15) is 126 Å². The fourth-order valence-electron chi connectivity index (χ4n) is 18.6. The van der Waals surface area contributed by atoms with Gasteiger partial charge in [0.2, 0.25) is 35.2 Å². The van der Waals surface area contributed by atoms with Crippen LogP contribution in [0, 0.1) is 11.3 Å². The molecule has 1 aliphatic carbocycles. The zero-order valence-corrected chi connectivity index (χ0v) is 85.5. The minimum absolute atomic E-state index is 0.0219. The van der Waals surface area contributed by atoms with Gasteiger partial charge in [-0.15, -0.1) is 5.10 Å². The first-order valence-electron chi connectivity index (χ1n) is 48.6. The number of amides is 6. The second-order valence-electron chi connectivity index (χ2n) is 37.7. The maximum atomic E-state index is 14.3. The minimum atomic E-state index is -4.97. The average Bonchev–Trinajstić information content (AvgIpc) is 1.59. The number of anilines is 1. The molecule has 0 saturated carbocycles. The molecule has 147 heavy (non-hydrogen) atoms. The quantitative estimate of drug-likeness (QED) is 0.0126. The number of fused-ring (bicyclic) bond motifs is 3. The van der Waals surface area contributed by atoms with E-state index in [1.165, 1.54) is 68.3 Å². The Morgan fingerprint density at radius 3 is 1.90 bits per heavy atom. The smallest absolute Gasteiger partial charge is 0.320 e. The maximum Gasteiger partial charge on any atom is 0.320 e. The molecule has 5 aliphatic rings. The van der Waals surface area contributed by atoms with Crippen LogP contribution in [-0.2, 0) is 107 Å². The number of unbranched alkanes of at least 4 members (excludes halogenated alkanes) is 4. The lowest BCUT2D eigenvalue weighted by Crippen LogP contribution is -2.52. The number of allylic oxidation sites excluding steroid dienone is 7. The number of nitrogens with zero attached hydrogens (tertiary/aromatic N) is 12. The van der Waals surface area contributed by atoms with E-state index in [4.69, 9.17) is 9.47 Å². The predicted molar refractivity (Wildman–Crippen MR) is 533 cm³/mol. The lowest BCUT2D eigenvalue weighted by atomic mass is 9.81. The summed E-state index contributed by atoms with van der Waals surface area (Å²) in [4.78, 5) is 143. The molecule has 45 nitrogen and oxygen atoms in total. The fourth-order valence-corrected chi connectivity index (χ4v) is 20.7. The van der Waals surface area contributed by atoms with Crippen LogP contribution in [0.15, 0.2) is 159 Å². The number of aromatic nitrogens is 4. The normalized spacial score (nSPS) is 17.7. The lowest BCUT2D eigenvalue weighted by molar-refractivity contribution is -0.438. The molecule has 3 atom stereocenters. The van der Waals surface area contributed by atoms with Gasteiger partial charge in [-0.1, -0.05) is 25.1 Å². The minimum Gasteiger partial charge on any atom is -0.744 e. The van der Waals surface area contributed by atoms with Crippen molar-refractivity contribution < 1.29 is 134 Å². The average molecular weight is 2120 g/mol. The van der Waals surface area contributed by atoms with E-state index in [0.29, 0.717) is 157 Å². The zero-order valence-electron chi connectivity index (χ0n) is 82.3. The topological polar surface area (TPSA) is 640 Å². The molecule has 4 aliphatic heterocycles. The Hall–Kier alpha value is -12.9. The van der Waals surface area contributed by atoms with E-state index in [1.807, 2.05) is 61.5 Å². The van der Waals surface area contributed by atoms with E-state index in [-0.39, 0.29) is 178 Å². The number of hydrogen-bond acceptors (Lipinski definition) is 30. The molecule has 12 N–H and O–H groups in total. The molecule has 6 heterocycles. The molecular weight excluding hydrogens is 1990 g/mol. The van der Waals surface area contributed by atoms with Crippen LogP contribution in [0.4, 0.5) is 11.4 Å². The van der Waals surface area contributed by atoms with Gasteiger partial charge in [0, 0.05) is 176 Å². The number of pyridine rings is 1. The van der Waals surface area contributed by atoms with Gasteiger partial charge in [0.25, 0.3) is 36.3 Å². The SMILES string of the molecule is CC1(C)C(/C=C/C2=C(Oc3ccc(S(=O)(=O)O)cc3)C(=C/C=C3/N(CCCCS(=O)(=O)O)c4ccc(S(=O)(=O)O)cc4C3(C)C)/CCC2)=[N+](CCCCCC(=O)N[C@@H](CCCCn2cc(CCC(=O)NCCCOc3ccc4nccc(C(=O)NCC(=O)N5CCC[C@H]5C#N)c4c3)nn2)C(=O)NCCNC(=O)CCC(C(=O)O)N2CCN(CC(=O)O)CCN(CC(=O)O)CCN(CC(=O)O)CC2)c2ccc(S(=O)(=O)[O-])cc21. The number of nitriles is 1. The summed E-state index contributed by atoms with van der Waals surface area (Å²) in [5, 5.41) is 72.1. The fraction of sp³-hybridized carbons (Fsp3) is 0.500. The maximum absolute atomic E-state index is 14.3. The van der Waals surface area contributed by atoms with Gasteiger partial charge in [0.15, 0.2) is 5.71 Å². The third-order valence-corrected chi connectivity index (χ3v) is 29.7. The third kappa shape index (κ3) is 33.3. The Labute approximate surface area is 852 Å². The van der Waals surface area contributed by atoms with Crippen LogP contribution in [0.25, 0.3) is 10.9 Å². The second-order valence-corrected chi connectivity index (χ2v) is 43.5. The summed E-state index contributed by atoms with van der Waals surface area (Å²) in [6, 6.07) is 19.1. The number of hydrogen-bond donors (Lipinski definition) is 12. The summed E-state index contributed by atoms with van der Waals surface area (Å²) in [5.41, 5.74) is 4.09. The van der Waals surface area contributed by atoms with Crippen LogP contribution in [0.1, 0.15) is 170 Å². The highest BCUT2D eigenvalue weighted by Crippen LogP contribution is 2.50. The number of aliphatic carboxylic acids is 4. The van der Waals surface area contributed by atoms with E-state index in [1.54, 1.807) is 46.1 Å². The Morgan fingerprint density at radius 2 is 1.24 bits per heavy atom. The number of carbonyl (C=O) groups excluding carboxylic acids is 6. The van der Waals surface area contributed by atoms with Crippen molar-refractivity contribution in [1.29, 1.82) is 5.26 Å². The molecule has 0 bridgehead atoms. The molecule has 1 unspecified atom stereocenters. The highest BCUT2D eigenvalue weighted by Gasteiger charge is 2.46. The first-order chi connectivity index (χ1) is 69.6. The molecule has 11 rings (SSSR count). The molecule has 4 aromatic carbocycles. The number of likely N-dealkylation sites (tertiary alicyclic amines) is 1. The van der Waals surface area contributed by atoms with Gasteiger partial charge in [-0.2, -0.15) is 35.1 Å². The van der Waals surface area contributed by atoms with Crippen molar-refractivity contribution >= 4 is 128 Å². The highest BCUT2D eigenvalue weighted by atomic mass is 32.2. The summed E-state index contributed by atoms with van der Waals surface area (Å²) >= 11 is 0. The Kier molecular flexibility index (Phi) is 40.6. The van der Waals surface area contributed by atoms with Gasteiger partial charge in [0.05, 0.1) is 81.5 Å². The number of benzene rings is 4. The van der Waals surface area contributed by atoms with Gasteiger partial charge < -0.3 is 70.8 Å². The van der Waals surface area contributed by atoms with Crippen molar-refractivity contribution in [2.45, 2.75) is 200 Å². The Bertz CT molecular complexity index is 6510. The number of aryl methyl sites for hydroxylation is 2. The second kappa shape index (κ2) is 52.1. The molecule has 6 amide bonds. The van der Waals surface area contributed by atoms with Crippen molar-refractivity contribution in [1.82, 2.24) is 71.1 Å². The van der Waals surface area contributed by atoms with Crippen LogP contribution >= 0.6 is 0 Å². The number of carbonyl (C=O) groups is 10. The number of carboxylic acids is 4. The summed E-state index contributed by atoms with van der Waals surface area (Å²) in [7, 11) is -18.6. The first-order valence-corrected chi connectivity index (χ1v) is 54.5. The Morgan fingerprint density at radius 1 is 0.612 bits per heavy atom. The van der Waals surface area contributed by atoms with Gasteiger partial charge in [-0.25, -0.2) is 8.42 Å². The summed E-state index contributed by atoms with van der Waals surface area (Å²) in [5.74, 6) is -7.15. The molecule has 0 radical (unpaired) electrons. The van der Waals surface area contributed by atoms with E-state index in [0.717, 1.165) is 12.1 Å². The third-order valence-electron chi connectivity index (χ3n) is 26.4. The van der Waals surface area contributed by atoms with Gasteiger partial charge >= 0.3 is 23.9 Å². The molecule has 6 aromatic rings. The molecule has 0 spiro atoms. The van der Waals surface area contributed by atoms with E-state index in [2.05, 4.69) is 47.9 Å². The van der Waals surface area contributed by atoms with Crippen molar-refractivity contribution in [3.63, 3.8) is 0 Å². The Balaban J connectivity index is 0.753. The number of carboxylic acid groups (broad SMARTS) is 4. The number of ether oxygens (including phenoxy) is 2. The molecule has 796 valence electrons. The molecule has 2 aromatic heterocycles. The number of rotatable bonds is 51. The van der Waals surface area contributed by atoms with Crippen LogP contribution in [0.3, 0.4) is 0 Å². The molecule has 49 heteroatoms. The summed E-state index contributed by atoms with van der Waals surface area (Å²) in [6.07, 6.45) is 15.7. The summed E-state index contributed by atoms with van der Waals surface area (Å²) < 4.78 is 157. The van der Waals surface area contributed by atoms with E-state index >= 15 is 0 Å². The van der Waals surface area contributed by atoms with Gasteiger partial charge in [-0.3, -0.25) is 90.9 Å². The zero-order chi connectivity index (χ0) is 107. The molecule has 2 saturated heterocycles. The van der Waals surface area contributed by atoms with Crippen LogP contribution in [0.2, 0.25) is 0 Å². The standard InChI is InChI=1S/C98H127N17O28S4/c1-97(2)77-58-73(146(136,137)138)28-31-81(77)114(84(97)34-20-66-15-12-16-67(93(66)143-70-23-26-72(27-24-70)145(133,134)135)21-35-85-98(3,4)78-59-74(147(139,140)141)29-32-82(78)115(85)45-10-11-56-144(130,131)132)44-8-5-6-19-88(118)105-80(95(127)103-42-41-102-87(117)37-33-83(96(128)129)111-53-51-109(64-91(122)123)49-47-108(63-90(120)121)48-50-110(52-54-111)65-92(124)125)18-7-9-43-112-62-68(106-107-112)22-36-86(116)101-39-14-55-142-71-25-30-79-76(57-71)75(38-40-100-79)94(126)104-61-89(119)113-46-13-17-69(113)60-99/h20-21,23-32,34-35,38,40,57-59,62,69,80,83H,5-19,22,33,36-37,39,41-56,61,63-65H2,1-4H3,(H12-,101,102,103,104,105,116,117,118,120,121,122,123,124,125,126,127,128,129,130,131,132,133,134,135,136,137,138,139,140,141)/t69-,80-,83?/m0/s1. The van der Waals surface area contributed by atoms with Gasteiger partial charge in [-0.05, 0) is 211 Å². The van der Waals surface area contributed by atoms with Crippen molar-refractivity contribution in [3.8, 4) is 17.6 Å².